The van der Waals surface area contributed by atoms with Gasteiger partial charge in [-0.05, 0) is 36.2 Å². The van der Waals surface area contributed by atoms with Crippen LogP contribution in [0, 0.1) is 0 Å². The molecule has 106 valence electrons. The maximum Gasteiger partial charge on any atom is 0.119 e. The zero-order chi connectivity index (χ0) is 14.5. The number of ether oxygens (including phenoxy) is 1. The Hall–Kier alpha value is -1.03. The smallest absolute Gasteiger partial charge is 0.119 e. The summed E-state index contributed by atoms with van der Waals surface area (Å²) in [6.45, 7) is 2.37. The van der Waals surface area contributed by atoms with E-state index in [9.17, 15) is 5.11 Å². The van der Waals surface area contributed by atoms with Crippen molar-refractivity contribution in [2.24, 2.45) is 0 Å². The molecule has 0 unspecified atom stereocenters. The molecule has 1 N–H and O–H groups in total. The molecule has 0 aromatic heterocycles. The zero-order valence-electron chi connectivity index (χ0n) is 11.1. The molecule has 0 aliphatic heterocycles. The fourth-order valence-electron chi connectivity index (χ4n) is 1.82. The topological polar surface area (TPSA) is 29.5 Å². The molecule has 2 nitrogen and oxygen atoms in total. The minimum absolute atomic E-state index is 0.412. The van der Waals surface area contributed by atoms with Gasteiger partial charge in [-0.3, -0.25) is 0 Å². The fourth-order valence-corrected chi connectivity index (χ4v) is 2.55. The molecule has 0 heterocycles. The van der Waals surface area contributed by atoms with Gasteiger partial charge in [-0.2, -0.15) is 0 Å². The maximum absolute atomic E-state index is 9.73. The Morgan fingerprint density at radius 2 is 1.90 bits per heavy atom. The van der Waals surface area contributed by atoms with Crippen molar-refractivity contribution in [3.63, 3.8) is 0 Å². The van der Waals surface area contributed by atoms with Gasteiger partial charge in [-0.15, -0.1) is 0 Å². The Morgan fingerprint density at radius 3 is 2.50 bits per heavy atom. The molecule has 4 heteroatoms. The Bertz CT molecular complexity index is 569. The molecule has 0 aliphatic rings. The van der Waals surface area contributed by atoms with Gasteiger partial charge in [0.05, 0.1) is 6.10 Å². The summed E-state index contributed by atoms with van der Waals surface area (Å²) in [6, 6.07) is 13.2. The van der Waals surface area contributed by atoms with Gasteiger partial charge in [0.1, 0.15) is 12.4 Å². The number of aliphatic hydroxyl groups excluding tert-OH is 1. The van der Waals surface area contributed by atoms with Gasteiger partial charge in [0.2, 0.25) is 0 Å². The summed E-state index contributed by atoms with van der Waals surface area (Å²) in [7, 11) is 0. The van der Waals surface area contributed by atoms with Gasteiger partial charge in [-0.1, -0.05) is 52.7 Å². The fraction of sp³-hybridized carbons (Fsp3) is 0.250. The number of hydrogen-bond acceptors (Lipinski definition) is 2. The Kier molecular flexibility index (Phi) is 5.46. The first-order valence-corrected chi connectivity index (χ1v) is 7.62. The second kappa shape index (κ2) is 7.11. The van der Waals surface area contributed by atoms with Crippen LogP contribution in [0.1, 0.15) is 30.6 Å². The first kappa shape index (κ1) is 15.4. The van der Waals surface area contributed by atoms with Crippen molar-refractivity contribution in [2.75, 3.05) is 0 Å². The van der Waals surface area contributed by atoms with Crippen LogP contribution in [-0.2, 0) is 6.61 Å². The lowest BCUT2D eigenvalue weighted by Crippen LogP contribution is -1.98. The Labute approximate surface area is 132 Å². The highest BCUT2D eigenvalue weighted by atomic mass is 79.9. The van der Waals surface area contributed by atoms with Gasteiger partial charge in [0.25, 0.3) is 0 Å². The van der Waals surface area contributed by atoms with E-state index in [1.807, 2.05) is 49.4 Å². The number of hydrogen-bond donors (Lipinski definition) is 1. The normalized spacial score (nSPS) is 12.2. The average Bonchev–Trinajstić information content (AvgIpc) is 2.46. The predicted molar refractivity (Wildman–Crippen MR) is 85.2 cm³/mol. The number of benzene rings is 2. The van der Waals surface area contributed by atoms with E-state index in [1.165, 1.54) is 0 Å². The summed E-state index contributed by atoms with van der Waals surface area (Å²) in [4.78, 5) is 0. The van der Waals surface area contributed by atoms with E-state index in [2.05, 4.69) is 15.9 Å². The van der Waals surface area contributed by atoms with Crippen LogP contribution in [0.2, 0.25) is 5.02 Å². The molecule has 0 fully saturated rings. The van der Waals surface area contributed by atoms with Crippen LogP contribution >= 0.6 is 27.5 Å². The SMILES string of the molecule is CC[C@@H](O)c1ccc(OCc2ccc(Br)cc2Cl)cc1. The molecule has 0 bridgehead atoms. The first-order chi connectivity index (χ1) is 9.60. The van der Waals surface area contributed by atoms with Crippen molar-refractivity contribution in [2.45, 2.75) is 26.1 Å². The third-order valence-electron chi connectivity index (χ3n) is 3.06. The van der Waals surface area contributed by atoms with E-state index in [-0.39, 0.29) is 0 Å². The molecule has 0 saturated heterocycles. The molecule has 2 aromatic rings. The molecule has 0 spiro atoms. The van der Waals surface area contributed by atoms with Crippen LogP contribution in [-0.4, -0.2) is 5.11 Å². The van der Waals surface area contributed by atoms with E-state index in [0.29, 0.717) is 18.1 Å². The Balaban J connectivity index is 2.00. The minimum atomic E-state index is -0.412. The van der Waals surface area contributed by atoms with Crippen molar-refractivity contribution in [1.29, 1.82) is 0 Å². The van der Waals surface area contributed by atoms with Gasteiger partial charge in [-0.25, -0.2) is 0 Å². The van der Waals surface area contributed by atoms with Crippen LogP contribution in [0.5, 0.6) is 5.75 Å². The lowest BCUT2D eigenvalue weighted by molar-refractivity contribution is 0.173. The van der Waals surface area contributed by atoms with Crippen molar-refractivity contribution in [3.8, 4) is 5.75 Å². The van der Waals surface area contributed by atoms with E-state index < -0.39 is 6.10 Å². The highest BCUT2D eigenvalue weighted by molar-refractivity contribution is 9.10. The van der Waals surface area contributed by atoms with E-state index in [0.717, 1.165) is 21.3 Å². The summed E-state index contributed by atoms with van der Waals surface area (Å²) >= 11 is 9.51. The van der Waals surface area contributed by atoms with Crippen molar-refractivity contribution in [1.82, 2.24) is 0 Å². The van der Waals surface area contributed by atoms with Crippen molar-refractivity contribution >= 4 is 27.5 Å². The summed E-state index contributed by atoms with van der Waals surface area (Å²) < 4.78 is 6.65. The standard InChI is InChI=1S/C16H16BrClO2/c1-2-16(19)11-4-7-14(8-5-11)20-10-12-3-6-13(17)9-15(12)18/h3-9,16,19H,2,10H2,1H3/t16-/m1/s1. The predicted octanol–water partition coefficient (Wildman–Crippen LogP) is 5.12. The molecule has 2 rings (SSSR count). The van der Waals surface area contributed by atoms with Gasteiger partial charge >= 0.3 is 0 Å². The summed E-state index contributed by atoms with van der Waals surface area (Å²) in [5.74, 6) is 0.760. The lowest BCUT2D eigenvalue weighted by Gasteiger charge is -2.11. The van der Waals surface area contributed by atoms with E-state index in [4.69, 9.17) is 16.3 Å². The summed E-state index contributed by atoms with van der Waals surface area (Å²) in [5.41, 5.74) is 1.84. The van der Waals surface area contributed by atoms with Gasteiger partial charge in [0.15, 0.2) is 0 Å². The molecule has 20 heavy (non-hydrogen) atoms. The highest BCUT2D eigenvalue weighted by Crippen LogP contribution is 2.24. The molecule has 1 atom stereocenters. The lowest BCUT2D eigenvalue weighted by atomic mass is 10.1. The van der Waals surface area contributed by atoms with Crippen molar-refractivity contribution < 1.29 is 9.84 Å². The summed E-state index contributed by atoms with van der Waals surface area (Å²) in [5, 5.41) is 10.4. The summed E-state index contributed by atoms with van der Waals surface area (Å²) in [6.07, 6.45) is 0.291. The second-order valence-corrected chi connectivity index (χ2v) is 5.84. The van der Waals surface area contributed by atoms with E-state index >= 15 is 0 Å². The third kappa shape index (κ3) is 3.98. The second-order valence-electron chi connectivity index (χ2n) is 4.52. The zero-order valence-corrected chi connectivity index (χ0v) is 13.5. The molecular formula is C16H16BrClO2. The molecule has 0 radical (unpaired) electrons. The number of aliphatic hydroxyl groups is 1. The molecular weight excluding hydrogens is 340 g/mol. The van der Waals surface area contributed by atoms with Crippen LogP contribution in [0.3, 0.4) is 0 Å². The quantitative estimate of drug-likeness (QED) is 0.806. The molecule has 0 amide bonds. The molecule has 0 aliphatic carbocycles. The molecule has 2 aromatic carbocycles. The van der Waals surface area contributed by atoms with Crippen LogP contribution in [0.15, 0.2) is 46.9 Å². The monoisotopic (exact) mass is 354 g/mol. The maximum atomic E-state index is 9.73. The van der Waals surface area contributed by atoms with Crippen LogP contribution in [0.25, 0.3) is 0 Å². The Morgan fingerprint density at radius 1 is 1.20 bits per heavy atom. The first-order valence-electron chi connectivity index (χ1n) is 6.45. The van der Waals surface area contributed by atoms with Crippen LogP contribution < -0.4 is 4.74 Å². The number of rotatable bonds is 5. The third-order valence-corrected chi connectivity index (χ3v) is 3.91. The van der Waals surface area contributed by atoms with E-state index in [1.54, 1.807) is 0 Å². The number of halogens is 2. The minimum Gasteiger partial charge on any atom is -0.489 e. The van der Waals surface area contributed by atoms with Crippen molar-refractivity contribution in [3.05, 3.63) is 63.1 Å². The van der Waals surface area contributed by atoms with Gasteiger partial charge < -0.3 is 9.84 Å². The van der Waals surface area contributed by atoms with Crippen LogP contribution in [0.4, 0.5) is 0 Å². The molecule has 0 saturated carbocycles. The highest BCUT2D eigenvalue weighted by Gasteiger charge is 2.05. The largest absolute Gasteiger partial charge is 0.489 e. The van der Waals surface area contributed by atoms with Gasteiger partial charge in [0, 0.05) is 15.1 Å². The average molecular weight is 356 g/mol.